The van der Waals surface area contributed by atoms with Gasteiger partial charge < -0.3 is 17.3 Å². The Morgan fingerprint density at radius 3 is 2.15 bits per heavy atom. The first-order valence-corrected chi connectivity index (χ1v) is 2.90. The number of nitrogens with one attached hydrogen (secondary N) is 1. The van der Waals surface area contributed by atoms with Gasteiger partial charge in [-0.25, -0.2) is 21.9 Å². The molecule has 1 aromatic heterocycles. The summed E-state index contributed by atoms with van der Waals surface area (Å²) in [7, 11) is 0. The van der Waals surface area contributed by atoms with Crippen molar-refractivity contribution in [1.82, 2.24) is 25.7 Å². The lowest BCUT2D eigenvalue weighted by molar-refractivity contribution is 0.457. The predicted octanol–water partition coefficient (Wildman–Crippen LogP) is -3.99. The fraction of sp³-hybridized carbons (Fsp3) is 0. The number of anilines is 1. The van der Waals surface area contributed by atoms with Crippen LogP contribution >= 0.6 is 0 Å². The lowest BCUT2D eigenvalue weighted by Gasteiger charge is -2.06. The van der Waals surface area contributed by atoms with E-state index in [2.05, 4.69) is 31.6 Å². The van der Waals surface area contributed by atoms with Crippen LogP contribution in [0.5, 0.6) is 0 Å². The van der Waals surface area contributed by atoms with Gasteiger partial charge in [-0.2, -0.15) is 0 Å². The third-order valence-electron chi connectivity index (χ3n) is 0.759. The average Bonchev–Trinajstić information content (AvgIpc) is 2.55. The number of tetrazole rings is 1. The minimum atomic E-state index is -0.111. The van der Waals surface area contributed by atoms with Crippen LogP contribution in [0.15, 0.2) is 5.10 Å². The summed E-state index contributed by atoms with van der Waals surface area (Å²) in [6, 6.07) is 0. The van der Waals surface area contributed by atoms with Gasteiger partial charge in [0.25, 0.3) is 0 Å². The number of nitrogens with two attached hydrogens (primary N) is 5. The Morgan fingerprint density at radius 2 is 2.08 bits per heavy atom. The number of aromatic amines is 1. The maximum Gasteiger partial charge on any atom is 0.242 e. The average molecular weight is 189 g/mol. The van der Waals surface area contributed by atoms with E-state index in [1.165, 1.54) is 0 Å². The van der Waals surface area contributed by atoms with Gasteiger partial charge >= 0.3 is 0 Å². The first kappa shape index (κ1) is 10.9. The molecule has 0 spiro atoms. The summed E-state index contributed by atoms with van der Waals surface area (Å²) in [6.07, 6.45) is 0. The summed E-state index contributed by atoms with van der Waals surface area (Å²) >= 11 is 0. The molecular weight excluding hydrogens is 178 g/mol. The number of rotatable bonds is 0. The van der Waals surface area contributed by atoms with Crippen LogP contribution < -0.4 is 29.0 Å². The van der Waals surface area contributed by atoms with Crippen molar-refractivity contribution in [3.63, 3.8) is 0 Å². The van der Waals surface area contributed by atoms with Crippen LogP contribution in [0.2, 0.25) is 0 Å². The summed E-state index contributed by atoms with van der Waals surface area (Å²) in [4.78, 5) is 0. The summed E-state index contributed by atoms with van der Waals surface area (Å²) in [5, 5.41) is 15.5. The van der Waals surface area contributed by atoms with Gasteiger partial charge in [0.2, 0.25) is 11.9 Å². The molecule has 0 aliphatic carbocycles. The summed E-state index contributed by atoms with van der Waals surface area (Å²) < 4.78 is 0. The molecule has 0 unspecified atom stereocenters. The van der Waals surface area contributed by atoms with E-state index in [4.69, 9.17) is 23.2 Å². The molecule has 0 aliphatic heterocycles. The number of aromatic nitrogens is 4. The van der Waals surface area contributed by atoms with Gasteiger partial charge in [0.1, 0.15) is 0 Å². The van der Waals surface area contributed by atoms with Gasteiger partial charge in [0.05, 0.1) is 0 Å². The third kappa shape index (κ3) is 5.16. The Hall–Kier alpha value is -2.14. The monoisotopic (exact) mass is 189 g/mol. The number of guanidine groups is 1. The van der Waals surface area contributed by atoms with Crippen LogP contribution in [0.25, 0.3) is 0 Å². The molecule has 74 valence electrons. The fourth-order valence-electron chi connectivity index (χ4n) is 0.233. The highest BCUT2D eigenvalue weighted by molar-refractivity contribution is 5.76. The van der Waals surface area contributed by atoms with Crippen molar-refractivity contribution in [3.8, 4) is 0 Å². The zero-order valence-electron chi connectivity index (χ0n) is 6.62. The Labute approximate surface area is 72.8 Å². The second-order valence-electron chi connectivity index (χ2n) is 1.68. The highest BCUT2D eigenvalue weighted by atomic mass is 15.6. The highest BCUT2D eigenvalue weighted by Gasteiger charge is 1.88. The first-order valence-electron chi connectivity index (χ1n) is 2.90. The molecule has 13 heavy (non-hydrogen) atoms. The van der Waals surface area contributed by atoms with Crippen molar-refractivity contribution < 1.29 is 0 Å². The van der Waals surface area contributed by atoms with Gasteiger partial charge in [-0.3, -0.25) is 0 Å². The number of nitrogen functional groups attached to an aromatic ring is 1. The van der Waals surface area contributed by atoms with Gasteiger partial charge in [0, 0.05) is 0 Å². The Morgan fingerprint density at radius 1 is 1.46 bits per heavy atom. The Bertz CT molecular complexity index is 233. The molecule has 0 saturated carbocycles. The van der Waals surface area contributed by atoms with E-state index < -0.39 is 0 Å². The zero-order chi connectivity index (χ0) is 10.3. The Balaban J connectivity index is 0.000000223. The number of hydrazine groups is 2. The van der Waals surface area contributed by atoms with Crippen LogP contribution in [-0.4, -0.2) is 31.7 Å². The number of hydrogen-bond donors (Lipinski definition) is 6. The summed E-state index contributed by atoms with van der Waals surface area (Å²) in [5.74, 6) is 14.4. The summed E-state index contributed by atoms with van der Waals surface area (Å²) in [5.41, 5.74) is 9.90. The molecule has 1 heterocycles. The molecule has 11 nitrogen and oxygen atoms in total. The van der Waals surface area contributed by atoms with E-state index in [9.17, 15) is 0 Å². The van der Waals surface area contributed by atoms with Crippen molar-refractivity contribution in [2.75, 3.05) is 5.73 Å². The summed E-state index contributed by atoms with van der Waals surface area (Å²) in [6.45, 7) is 0. The molecule has 1 aromatic rings. The molecule has 0 bridgehead atoms. The van der Waals surface area contributed by atoms with E-state index in [0.717, 1.165) is 0 Å². The largest absolute Gasteiger partial charge is 0.367 e. The molecular formula is C2H11N11. The lowest BCUT2D eigenvalue weighted by atomic mass is 11.0. The zero-order valence-corrected chi connectivity index (χ0v) is 6.62. The fourth-order valence-corrected chi connectivity index (χ4v) is 0.233. The van der Waals surface area contributed by atoms with E-state index in [0.29, 0.717) is 5.12 Å². The normalized spacial score (nSPS) is 10.2. The van der Waals surface area contributed by atoms with Gasteiger partial charge in [-0.05, 0) is 10.4 Å². The molecule has 0 amide bonds. The first-order chi connectivity index (χ1) is 6.07. The van der Waals surface area contributed by atoms with Crippen LogP contribution in [-0.2, 0) is 0 Å². The van der Waals surface area contributed by atoms with Crippen molar-refractivity contribution in [3.05, 3.63) is 0 Å². The smallest absolute Gasteiger partial charge is 0.242 e. The number of hydrazone groups is 1. The van der Waals surface area contributed by atoms with Crippen LogP contribution in [0.3, 0.4) is 0 Å². The minimum absolute atomic E-state index is 0.111. The quantitative estimate of drug-likeness (QED) is 0.102. The molecule has 0 aromatic carbocycles. The number of nitrogens with zero attached hydrogens (tertiary/aromatic N) is 5. The molecule has 0 saturated heterocycles. The van der Waals surface area contributed by atoms with E-state index >= 15 is 0 Å². The van der Waals surface area contributed by atoms with Gasteiger partial charge in [-0.1, -0.05) is 5.10 Å². The van der Waals surface area contributed by atoms with E-state index in [-0.39, 0.29) is 11.9 Å². The molecule has 11 heteroatoms. The maximum atomic E-state index is 4.99. The van der Waals surface area contributed by atoms with Gasteiger partial charge in [-0.15, -0.1) is 5.10 Å². The molecule has 11 N–H and O–H groups in total. The van der Waals surface area contributed by atoms with Gasteiger partial charge in [0.15, 0.2) is 0 Å². The molecule has 0 aliphatic rings. The maximum absolute atomic E-state index is 4.99. The molecule has 1 rings (SSSR count). The molecule has 0 radical (unpaired) electrons. The standard InChI is InChI=1S/CH8N6.CH3N5/c2-1(6-3)7(4)5;2-1-3-5-6-4-1/h3-5H2,(H2,2,6);(H3,2,3,4,5,6). The third-order valence-corrected chi connectivity index (χ3v) is 0.759. The number of hydrogen-bond acceptors (Lipinski definition) is 8. The molecule has 0 fully saturated rings. The van der Waals surface area contributed by atoms with Crippen molar-refractivity contribution in [2.45, 2.75) is 0 Å². The topological polar surface area (TPSA) is 200 Å². The van der Waals surface area contributed by atoms with E-state index in [1.54, 1.807) is 0 Å². The van der Waals surface area contributed by atoms with Crippen molar-refractivity contribution in [1.29, 1.82) is 0 Å². The van der Waals surface area contributed by atoms with Crippen molar-refractivity contribution >= 4 is 11.9 Å². The van der Waals surface area contributed by atoms with Crippen LogP contribution in [0.4, 0.5) is 5.95 Å². The lowest BCUT2D eigenvalue weighted by Crippen LogP contribution is -2.48. The van der Waals surface area contributed by atoms with Crippen LogP contribution in [0.1, 0.15) is 0 Å². The predicted molar refractivity (Wildman–Crippen MR) is 44.6 cm³/mol. The minimum Gasteiger partial charge on any atom is -0.367 e. The van der Waals surface area contributed by atoms with Crippen molar-refractivity contribution in [2.24, 2.45) is 28.4 Å². The second-order valence-corrected chi connectivity index (χ2v) is 1.68. The molecule has 0 atom stereocenters. The second kappa shape index (κ2) is 5.50. The van der Waals surface area contributed by atoms with E-state index in [1.807, 2.05) is 0 Å². The Kier molecular flexibility index (Phi) is 4.60. The number of H-pyrrole nitrogens is 1. The highest BCUT2D eigenvalue weighted by Crippen LogP contribution is 1.72. The van der Waals surface area contributed by atoms with Crippen LogP contribution in [0, 0.1) is 0 Å². The SMILES string of the molecule is NN=C(N)N(N)N.Nc1nnn[nH]1.